The van der Waals surface area contributed by atoms with E-state index in [0.717, 1.165) is 0 Å². The molecule has 0 aromatic heterocycles. The maximum Gasteiger partial charge on any atom is 0.305 e. The number of hydrogen-bond donors (Lipinski definition) is 0. The van der Waals surface area contributed by atoms with E-state index in [1.165, 1.54) is 13.2 Å². The molecule has 0 bridgehead atoms. The van der Waals surface area contributed by atoms with Crippen LogP contribution in [0.15, 0.2) is 24.3 Å². The van der Waals surface area contributed by atoms with Gasteiger partial charge in [0.05, 0.1) is 24.2 Å². The maximum absolute atomic E-state index is 12.7. The van der Waals surface area contributed by atoms with E-state index in [0.29, 0.717) is 37.0 Å². The minimum atomic E-state index is -0.837. The molecule has 0 saturated carbocycles. The summed E-state index contributed by atoms with van der Waals surface area (Å²) >= 11 is 0. The number of carbonyl (C=O) groups is 3. The van der Waals surface area contributed by atoms with Gasteiger partial charge in [-0.2, -0.15) is 5.26 Å². The number of ether oxygens (including phenoxy) is 2. The molecule has 25 heavy (non-hydrogen) atoms. The van der Waals surface area contributed by atoms with Crippen LogP contribution in [0.1, 0.15) is 48.5 Å². The lowest BCUT2D eigenvalue weighted by Crippen LogP contribution is -2.27. The average molecular weight is 345 g/mol. The molecule has 1 unspecified atom stereocenters. The third-order valence-electron chi connectivity index (χ3n) is 3.70. The summed E-state index contributed by atoms with van der Waals surface area (Å²) in [5.74, 6) is -1.74. The van der Waals surface area contributed by atoms with E-state index in [1.807, 2.05) is 6.07 Å². The van der Waals surface area contributed by atoms with Gasteiger partial charge in [-0.25, -0.2) is 0 Å². The lowest BCUT2D eigenvalue weighted by Gasteiger charge is -2.14. The Morgan fingerprint density at radius 3 is 2.64 bits per heavy atom. The topological polar surface area (TPSA) is 93.5 Å². The van der Waals surface area contributed by atoms with E-state index >= 15 is 0 Å². The van der Waals surface area contributed by atoms with Crippen molar-refractivity contribution in [2.45, 2.75) is 32.6 Å². The Balaban J connectivity index is 2.75. The number of ketones is 2. The summed E-state index contributed by atoms with van der Waals surface area (Å²) in [6, 6.07) is 8.27. The molecule has 0 aliphatic carbocycles. The Labute approximate surface area is 147 Å². The molecule has 1 atom stereocenters. The van der Waals surface area contributed by atoms with Crippen LogP contribution in [-0.4, -0.2) is 37.9 Å². The second kappa shape index (κ2) is 11.1. The highest BCUT2D eigenvalue weighted by atomic mass is 16.5. The molecule has 0 saturated heterocycles. The predicted molar refractivity (Wildman–Crippen MR) is 91.0 cm³/mol. The summed E-state index contributed by atoms with van der Waals surface area (Å²) in [5, 5.41) is 8.95. The average Bonchev–Trinajstić information content (AvgIpc) is 2.61. The first kappa shape index (κ1) is 20.5. The van der Waals surface area contributed by atoms with Crippen LogP contribution in [0.25, 0.3) is 0 Å². The van der Waals surface area contributed by atoms with Crippen LogP contribution in [-0.2, 0) is 19.1 Å². The normalized spacial score (nSPS) is 11.4. The van der Waals surface area contributed by atoms with E-state index < -0.39 is 5.92 Å². The molecule has 0 fully saturated rings. The largest absolute Gasteiger partial charge is 0.466 e. The van der Waals surface area contributed by atoms with Crippen LogP contribution >= 0.6 is 0 Å². The van der Waals surface area contributed by atoms with Crippen molar-refractivity contribution in [3.05, 3.63) is 35.4 Å². The van der Waals surface area contributed by atoms with E-state index in [2.05, 4.69) is 0 Å². The molecule has 6 heteroatoms. The Hall–Kier alpha value is -2.52. The summed E-state index contributed by atoms with van der Waals surface area (Å²) < 4.78 is 9.72. The van der Waals surface area contributed by atoms with E-state index in [4.69, 9.17) is 14.7 Å². The molecule has 0 heterocycles. The van der Waals surface area contributed by atoms with E-state index in [1.54, 1.807) is 25.1 Å². The van der Waals surface area contributed by atoms with Gasteiger partial charge in [-0.15, -0.1) is 0 Å². The summed E-state index contributed by atoms with van der Waals surface area (Å²) in [7, 11) is 1.40. The van der Waals surface area contributed by atoms with Crippen molar-refractivity contribution in [3.63, 3.8) is 0 Å². The summed E-state index contributed by atoms with van der Waals surface area (Å²) in [4.78, 5) is 36.3. The van der Waals surface area contributed by atoms with Gasteiger partial charge in [0.25, 0.3) is 0 Å². The molecule has 1 aromatic carbocycles. The number of nitrogens with zero attached hydrogens (tertiary/aromatic N) is 1. The van der Waals surface area contributed by atoms with Gasteiger partial charge in [-0.05, 0) is 31.9 Å². The molecular formula is C19H23NO5. The van der Waals surface area contributed by atoms with Crippen LogP contribution in [0.2, 0.25) is 0 Å². The second-order valence-electron chi connectivity index (χ2n) is 5.56. The first-order valence-corrected chi connectivity index (χ1v) is 8.25. The molecule has 0 amide bonds. The van der Waals surface area contributed by atoms with Gasteiger partial charge < -0.3 is 9.47 Å². The molecule has 0 aliphatic rings. The SMILES string of the molecule is CCOC(=O)CCCCC(C(=O)COC)C(=O)c1cccc(C#N)c1. The summed E-state index contributed by atoms with van der Waals surface area (Å²) in [6.07, 6.45) is 1.68. The van der Waals surface area contributed by atoms with Crippen LogP contribution in [0.4, 0.5) is 0 Å². The standard InChI is InChI=1S/C19H23NO5/c1-3-25-18(22)10-5-4-9-16(17(21)13-24-2)19(23)15-8-6-7-14(11-15)12-20/h6-8,11,16H,3-5,9-10,13H2,1-2H3. The fourth-order valence-corrected chi connectivity index (χ4v) is 2.48. The number of benzene rings is 1. The Bertz CT molecular complexity index is 647. The molecule has 1 aromatic rings. The summed E-state index contributed by atoms with van der Waals surface area (Å²) in [5.41, 5.74) is 0.699. The monoisotopic (exact) mass is 345 g/mol. The van der Waals surface area contributed by atoms with Crippen molar-refractivity contribution in [3.8, 4) is 6.07 Å². The molecule has 6 nitrogen and oxygen atoms in total. The molecule has 0 radical (unpaired) electrons. The number of unbranched alkanes of at least 4 members (excludes halogenated alkanes) is 1. The Morgan fingerprint density at radius 2 is 2.00 bits per heavy atom. The number of methoxy groups -OCH3 is 1. The minimum absolute atomic E-state index is 0.147. The highest BCUT2D eigenvalue weighted by Crippen LogP contribution is 2.19. The highest BCUT2D eigenvalue weighted by Gasteiger charge is 2.27. The van der Waals surface area contributed by atoms with Crippen LogP contribution in [0.5, 0.6) is 0 Å². The lowest BCUT2D eigenvalue weighted by molar-refractivity contribution is -0.143. The van der Waals surface area contributed by atoms with E-state index in [-0.39, 0.29) is 30.6 Å². The number of hydrogen-bond acceptors (Lipinski definition) is 6. The molecule has 0 N–H and O–H groups in total. The lowest BCUT2D eigenvalue weighted by atomic mass is 9.88. The number of nitriles is 1. The fraction of sp³-hybridized carbons (Fsp3) is 0.474. The number of carbonyl (C=O) groups excluding carboxylic acids is 3. The van der Waals surface area contributed by atoms with Gasteiger partial charge in [0.1, 0.15) is 6.61 Å². The first-order chi connectivity index (χ1) is 12.0. The van der Waals surface area contributed by atoms with Crippen molar-refractivity contribution >= 4 is 17.5 Å². The quantitative estimate of drug-likeness (QED) is 0.265. The van der Waals surface area contributed by atoms with Gasteiger partial charge in [0.2, 0.25) is 0 Å². The van der Waals surface area contributed by atoms with Crippen molar-refractivity contribution in [1.82, 2.24) is 0 Å². The van der Waals surface area contributed by atoms with Gasteiger partial charge in [0.15, 0.2) is 11.6 Å². The van der Waals surface area contributed by atoms with Crippen LogP contribution < -0.4 is 0 Å². The second-order valence-corrected chi connectivity index (χ2v) is 5.56. The third kappa shape index (κ3) is 6.86. The predicted octanol–water partition coefficient (Wildman–Crippen LogP) is 2.70. The zero-order valence-corrected chi connectivity index (χ0v) is 14.6. The van der Waals surface area contributed by atoms with Crippen LogP contribution in [0.3, 0.4) is 0 Å². The van der Waals surface area contributed by atoms with E-state index in [9.17, 15) is 14.4 Å². The highest BCUT2D eigenvalue weighted by molar-refractivity contribution is 6.11. The van der Waals surface area contributed by atoms with Crippen molar-refractivity contribution < 1.29 is 23.9 Å². The minimum Gasteiger partial charge on any atom is -0.466 e. The molecule has 0 spiro atoms. The van der Waals surface area contributed by atoms with Crippen molar-refractivity contribution in [2.75, 3.05) is 20.3 Å². The van der Waals surface area contributed by atoms with Crippen LogP contribution in [0, 0.1) is 17.2 Å². The van der Waals surface area contributed by atoms with Gasteiger partial charge in [0, 0.05) is 19.1 Å². The summed E-state index contributed by atoms with van der Waals surface area (Å²) in [6.45, 7) is 1.93. The Morgan fingerprint density at radius 1 is 1.24 bits per heavy atom. The maximum atomic E-state index is 12.7. The van der Waals surface area contributed by atoms with Crippen molar-refractivity contribution in [2.24, 2.45) is 5.92 Å². The molecule has 134 valence electrons. The molecular weight excluding hydrogens is 322 g/mol. The van der Waals surface area contributed by atoms with Gasteiger partial charge in [-0.3, -0.25) is 14.4 Å². The van der Waals surface area contributed by atoms with Gasteiger partial charge >= 0.3 is 5.97 Å². The number of rotatable bonds is 11. The number of Topliss-reactive ketones (excluding diaryl/α,β-unsaturated/α-hetero) is 2. The van der Waals surface area contributed by atoms with Gasteiger partial charge in [-0.1, -0.05) is 18.6 Å². The fourth-order valence-electron chi connectivity index (χ4n) is 2.48. The zero-order chi connectivity index (χ0) is 18.7. The first-order valence-electron chi connectivity index (χ1n) is 8.25. The third-order valence-corrected chi connectivity index (χ3v) is 3.70. The number of esters is 1. The Kier molecular flexibility index (Phi) is 9.12. The molecule has 0 aliphatic heterocycles. The zero-order valence-electron chi connectivity index (χ0n) is 14.6. The van der Waals surface area contributed by atoms with Crippen molar-refractivity contribution in [1.29, 1.82) is 5.26 Å². The smallest absolute Gasteiger partial charge is 0.305 e. The molecule has 1 rings (SSSR count).